The number of thioether (sulfide) groups is 1. The van der Waals surface area contributed by atoms with E-state index < -0.39 is 0 Å². The van der Waals surface area contributed by atoms with E-state index in [-0.39, 0.29) is 17.5 Å². The topological polar surface area (TPSA) is 70.7 Å². The van der Waals surface area contributed by atoms with Crippen LogP contribution in [0.25, 0.3) is 11.4 Å². The van der Waals surface area contributed by atoms with E-state index in [2.05, 4.69) is 20.5 Å². The minimum absolute atomic E-state index is 0.152. The fourth-order valence-electron chi connectivity index (χ4n) is 2.10. The van der Waals surface area contributed by atoms with Gasteiger partial charge in [0.15, 0.2) is 5.82 Å². The maximum absolute atomic E-state index is 13.7. The Morgan fingerprint density at radius 2 is 1.96 bits per heavy atom. The van der Waals surface area contributed by atoms with Crippen LogP contribution in [0.4, 0.5) is 4.39 Å². The van der Waals surface area contributed by atoms with Gasteiger partial charge in [-0.25, -0.2) is 9.37 Å². The molecular formula is C17H14ClFN4OS. The van der Waals surface area contributed by atoms with Gasteiger partial charge in [0.2, 0.25) is 11.1 Å². The molecule has 2 N–H and O–H groups in total. The van der Waals surface area contributed by atoms with Crippen molar-refractivity contribution in [1.82, 2.24) is 20.5 Å². The second kappa shape index (κ2) is 8.13. The predicted octanol–water partition coefficient (Wildman–Crippen LogP) is 3.67. The number of hydrogen-bond donors (Lipinski definition) is 2. The molecule has 0 unspecified atom stereocenters. The van der Waals surface area contributed by atoms with Crippen molar-refractivity contribution in [3.63, 3.8) is 0 Å². The lowest BCUT2D eigenvalue weighted by atomic mass is 10.2. The van der Waals surface area contributed by atoms with E-state index in [0.717, 1.165) is 5.56 Å². The SMILES string of the molecule is O=C(CSc1n[nH]c(-c2ccccc2F)n1)NCc1ccccc1Cl. The number of amides is 1. The van der Waals surface area contributed by atoms with Crippen molar-refractivity contribution < 1.29 is 9.18 Å². The van der Waals surface area contributed by atoms with Crippen molar-refractivity contribution in [1.29, 1.82) is 0 Å². The van der Waals surface area contributed by atoms with E-state index in [1.165, 1.54) is 17.8 Å². The summed E-state index contributed by atoms with van der Waals surface area (Å²) in [6, 6.07) is 13.6. The zero-order chi connectivity index (χ0) is 17.6. The Balaban J connectivity index is 1.53. The van der Waals surface area contributed by atoms with Crippen LogP contribution < -0.4 is 5.32 Å². The highest BCUT2D eigenvalue weighted by molar-refractivity contribution is 7.99. The number of aromatic nitrogens is 3. The standard InChI is InChI=1S/C17H14ClFN4OS/c18-13-7-3-1-5-11(13)9-20-15(24)10-25-17-21-16(22-23-17)12-6-2-4-8-14(12)19/h1-8H,9-10H2,(H,20,24)(H,21,22,23). The molecule has 8 heteroatoms. The molecule has 3 aromatic rings. The number of H-pyrrole nitrogens is 1. The number of hydrogen-bond acceptors (Lipinski definition) is 4. The summed E-state index contributed by atoms with van der Waals surface area (Å²) in [5.74, 6) is -0.0640. The van der Waals surface area contributed by atoms with Crippen LogP contribution in [0.15, 0.2) is 53.7 Å². The summed E-state index contributed by atoms with van der Waals surface area (Å²) < 4.78 is 13.7. The van der Waals surface area contributed by atoms with Gasteiger partial charge in [-0.2, -0.15) is 0 Å². The van der Waals surface area contributed by atoms with Crippen molar-refractivity contribution in [2.45, 2.75) is 11.7 Å². The Labute approximate surface area is 153 Å². The Morgan fingerprint density at radius 1 is 1.20 bits per heavy atom. The van der Waals surface area contributed by atoms with Gasteiger partial charge in [-0.1, -0.05) is 53.7 Å². The van der Waals surface area contributed by atoms with E-state index in [1.807, 2.05) is 18.2 Å². The summed E-state index contributed by atoms with van der Waals surface area (Å²) in [6.07, 6.45) is 0. The number of aromatic amines is 1. The van der Waals surface area contributed by atoms with Gasteiger partial charge in [0, 0.05) is 11.6 Å². The number of nitrogens with one attached hydrogen (secondary N) is 2. The normalized spacial score (nSPS) is 10.6. The van der Waals surface area contributed by atoms with Gasteiger partial charge in [-0.05, 0) is 23.8 Å². The van der Waals surface area contributed by atoms with Crippen LogP contribution in [0, 0.1) is 5.82 Å². The molecule has 0 atom stereocenters. The predicted molar refractivity (Wildman–Crippen MR) is 95.8 cm³/mol. The molecule has 0 radical (unpaired) electrons. The Morgan fingerprint density at radius 3 is 2.76 bits per heavy atom. The van der Waals surface area contributed by atoms with Crippen molar-refractivity contribution in [3.8, 4) is 11.4 Å². The summed E-state index contributed by atoms with van der Waals surface area (Å²) in [5, 5.41) is 10.5. The lowest BCUT2D eigenvalue weighted by Crippen LogP contribution is -2.24. The molecule has 1 amide bonds. The number of carbonyl (C=O) groups excluding carboxylic acids is 1. The molecule has 0 aliphatic heterocycles. The quantitative estimate of drug-likeness (QED) is 0.644. The number of carbonyl (C=O) groups is 1. The fraction of sp³-hybridized carbons (Fsp3) is 0.118. The minimum Gasteiger partial charge on any atom is -0.351 e. The van der Waals surface area contributed by atoms with E-state index in [1.54, 1.807) is 24.3 Å². The highest BCUT2D eigenvalue weighted by atomic mass is 35.5. The summed E-state index contributed by atoms with van der Waals surface area (Å²) in [7, 11) is 0. The van der Waals surface area contributed by atoms with Crippen LogP contribution in [0.1, 0.15) is 5.56 Å². The minimum atomic E-state index is -0.382. The summed E-state index contributed by atoms with van der Waals surface area (Å²) in [5.41, 5.74) is 1.19. The van der Waals surface area contributed by atoms with Crippen molar-refractivity contribution in [2.75, 3.05) is 5.75 Å². The molecular weight excluding hydrogens is 363 g/mol. The first-order valence-corrected chi connectivity index (χ1v) is 8.80. The van der Waals surface area contributed by atoms with Gasteiger partial charge in [0.1, 0.15) is 5.82 Å². The average Bonchev–Trinajstić information content (AvgIpc) is 3.08. The molecule has 0 spiro atoms. The van der Waals surface area contributed by atoms with Crippen LogP contribution in [-0.4, -0.2) is 26.8 Å². The molecule has 5 nitrogen and oxygen atoms in total. The lowest BCUT2D eigenvalue weighted by molar-refractivity contribution is -0.118. The van der Waals surface area contributed by atoms with Gasteiger partial charge in [-0.3, -0.25) is 9.89 Å². The zero-order valence-corrected chi connectivity index (χ0v) is 14.6. The van der Waals surface area contributed by atoms with Crippen molar-refractivity contribution in [3.05, 3.63) is 64.9 Å². The van der Waals surface area contributed by atoms with Crippen LogP contribution in [-0.2, 0) is 11.3 Å². The van der Waals surface area contributed by atoms with Gasteiger partial charge in [0.25, 0.3) is 0 Å². The molecule has 128 valence electrons. The van der Waals surface area contributed by atoms with E-state index in [9.17, 15) is 9.18 Å². The second-order valence-electron chi connectivity index (χ2n) is 5.10. The van der Waals surface area contributed by atoms with Crippen LogP contribution in [0.3, 0.4) is 0 Å². The Hall–Kier alpha value is -2.38. The van der Waals surface area contributed by atoms with E-state index in [4.69, 9.17) is 11.6 Å². The van der Waals surface area contributed by atoms with Gasteiger partial charge in [-0.15, -0.1) is 5.10 Å². The molecule has 0 saturated carbocycles. The zero-order valence-electron chi connectivity index (χ0n) is 13.0. The number of rotatable bonds is 6. The molecule has 0 saturated heterocycles. The number of halogens is 2. The Kier molecular flexibility index (Phi) is 5.67. The largest absolute Gasteiger partial charge is 0.351 e. The number of benzene rings is 2. The molecule has 3 rings (SSSR count). The van der Waals surface area contributed by atoms with Crippen LogP contribution in [0.5, 0.6) is 0 Å². The second-order valence-corrected chi connectivity index (χ2v) is 6.45. The maximum atomic E-state index is 13.7. The number of nitrogens with zero attached hydrogens (tertiary/aromatic N) is 2. The van der Waals surface area contributed by atoms with Crippen molar-refractivity contribution >= 4 is 29.3 Å². The Bertz CT molecular complexity index is 886. The van der Waals surface area contributed by atoms with E-state index in [0.29, 0.717) is 28.1 Å². The molecule has 0 fully saturated rings. The van der Waals surface area contributed by atoms with E-state index >= 15 is 0 Å². The highest BCUT2D eigenvalue weighted by Gasteiger charge is 2.11. The van der Waals surface area contributed by atoms with Crippen molar-refractivity contribution in [2.24, 2.45) is 0 Å². The fourth-order valence-corrected chi connectivity index (χ4v) is 2.93. The third-order valence-electron chi connectivity index (χ3n) is 3.36. The summed E-state index contributed by atoms with van der Waals surface area (Å²) in [4.78, 5) is 16.1. The first-order valence-electron chi connectivity index (χ1n) is 7.43. The monoisotopic (exact) mass is 376 g/mol. The third-order valence-corrected chi connectivity index (χ3v) is 4.58. The molecule has 2 aromatic carbocycles. The molecule has 0 aliphatic carbocycles. The lowest BCUT2D eigenvalue weighted by Gasteiger charge is -2.05. The molecule has 1 aromatic heterocycles. The smallest absolute Gasteiger partial charge is 0.230 e. The van der Waals surface area contributed by atoms with Gasteiger partial charge >= 0.3 is 0 Å². The highest BCUT2D eigenvalue weighted by Crippen LogP contribution is 2.21. The first-order chi connectivity index (χ1) is 12.1. The van der Waals surface area contributed by atoms with Crippen LogP contribution >= 0.6 is 23.4 Å². The molecule has 0 bridgehead atoms. The molecule has 1 heterocycles. The molecule has 25 heavy (non-hydrogen) atoms. The summed E-state index contributed by atoms with van der Waals surface area (Å²) in [6.45, 7) is 0.355. The van der Waals surface area contributed by atoms with Gasteiger partial charge in [0.05, 0.1) is 11.3 Å². The molecule has 0 aliphatic rings. The summed E-state index contributed by atoms with van der Waals surface area (Å²) >= 11 is 7.21. The average molecular weight is 377 g/mol. The first kappa shape index (κ1) is 17.4. The third kappa shape index (κ3) is 4.58. The van der Waals surface area contributed by atoms with Gasteiger partial charge < -0.3 is 5.32 Å². The maximum Gasteiger partial charge on any atom is 0.230 e. The van der Waals surface area contributed by atoms with Crippen LogP contribution in [0.2, 0.25) is 5.02 Å².